The molecule has 12 aromatic rings. The Labute approximate surface area is 435 Å². The zero-order chi connectivity index (χ0) is 48.2. The van der Waals surface area contributed by atoms with Gasteiger partial charge in [0.25, 0.3) is 0 Å². The molecule has 71 heavy (non-hydrogen) atoms. The smallest absolute Gasteiger partial charge is 0.194 e. The summed E-state index contributed by atoms with van der Waals surface area (Å²) in [6.45, 7) is 3.46. The monoisotopic (exact) mass is 1070 g/mol. The Kier molecular flexibility index (Phi) is 15.4. The predicted octanol–water partition coefficient (Wildman–Crippen LogP) is 15.0. The van der Waals surface area contributed by atoms with Crippen LogP contribution in [0.3, 0.4) is 0 Å². The van der Waals surface area contributed by atoms with Crippen molar-refractivity contribution in [3.05, 3.63) is 290 Å². The zero-order valence-electron chi connectivity index (χ0n) is 39.2. The Bertz CT molecular complexity index is 3180. The maximum absolute atomic E-state index is 2.98. The molecule has 0 bridgehead atoms. The predicted molar refractivity (Wildman–Crippen MR) is 302 cm³/mol. The zero-order valence-corrected chi connectivity index (χ0v) is 43.2. The Morgan fingerprint density at radius 3 is 0.634 bits per heavy atom. The van der Waals surface area contributed by atoms with Crippen LogP contribution in [0.15, 0.2) is 267 Å². The summed E-state index contributed by atoms with van der Waals surface area (Å²) in [6, 6.07) is 87.1. The highest BCUT2D eigenvalue weighted by Gasteiger charge is 2.13. The van der Waals surface area contributed by atoms with E-state index in [0.717, 1.165) is 26.2 Å². The minimum Gasteiger partial charge on any atom is -0.194 e. The van der Waals surface area contributed by atoms with Crippen LogP contribution in [-0.4, -0.2) is 0 Å². The van der Waals surface area contributed by atoms with Crippen LogP contribution in [0.5, 0.6) is 0 Å². The van der Waals surface area contributed by atoms with E-state index >= 15 is 0 Å². The van der Waals surface area contributed by atoms with Crippen molar-refractivity contribution in [3.8, 4) is 22.3 Å². The minimum atomic E-state index is 0.864. The summed E-state index contributed by atoms with van der Waals surface area (Å²) in [6.07, 6.45) is 8.62. The first-order chi connectivity index (χ1) is 35.1. The summed E-state index contributed by atoms with van der Waals surface area (Å²) >= 11 is 5.96. The SMILES string of the molecule is BrSBr.c1ccc2c(c1)ccc[n+]2Cc1ccc(-c2ccc(C[n+]3cccc4ccccc43)cc2)cc1.c1ccc2c(c1)ccc[n+]2Cc1ccc(-c2ccc(C[n+]3cccc4ccccc43)cc2)cc1. The maximum Gasteiger partial charge on any atom is 0.212 e. The molecule has 0 atom stereocenters. The number of para-hydroxylation sites is 4. The average molecular weight is 1070 g/mol. The molecular weight excluding hydrogens is 1020 g/mol. The van der Waals surface area contributed by atoms with E-state index in [1.54, 1.807) is 0 Å². The summed E-state index contributed by atoms with van der Waals surface area (Å²) in [5.74, 6) is 0. The van der Waals surface area contributed by atoms with Crippen molar-refractivity contribution in [2.75, 3.05) is 0 Å². The number of hydrogen-bond acceptors (Lipinski definition) is 1. The Hall–Kier alpha value is -7.29. The molecule has 0 aliphatic carbocycles. The summed E-state index contributed by atoms with van der Waals surface area (Å²) in [7, 11) is 1.38. The van der Waals surface area contributed by atoms with Crippen LogP contribution in [-0.2, 0) is 26.2 Å². The van der Waals surface area contributed by atoms with Crippen LogP contribution in [0.25, 0.3) is 65.9 Å². The number of benzene rings is 8. The van der Waals surface area contributed by atoms with Gasteiger partial charge in [-0.2, -0.15) is 18.3 Å². The van der Waals surface area contributed by atoms with Crippen LogP contribution in [0, 0.1) is 0 Å². The number of hydrogen-bond donors (Lipinski definition) is 0. The lowest BCUT2D eigenvalue weighted by Crippen LogP contribution is -2.34. The van der Waals surface area contributed by atoms with Gasteiger partial charge in [-0.1, -0.05) is 146 Å². The van der Waals surface area contributed by atoms with E-state index in [1.165, 1.54) is 96.7 Å². The van der Waals surface area contributed by atoms with Gasteiger partial charge in [0.05, 0.1) is 0 Å². The van der Waals surface area contributed by atoms with Gasteiger partial charge >= 0.3 is 0 Å². The van der Waals surface area contributed by atoms with E-state index in [-0.39, 0.29) is 0 Å². The van der Waals surface area contributed by atoms with Crippen LogP contribution < -0.4 is 18.3 Å². The van der Waals surface area contributed by atoms with Gasteiger partial charge in [0, 0.05) is 122 Å². The highest BCUT2D eigenvalue weighted by molar-refractivity contribution is 9.82. The highest BCUT2D eigenvalue weighted by atomic mass is 79.9. The van der Waals surface area contributed by atoms with E-state index < -0.39 is 0 Å². The molecule has 0 aliphatic rings. The summed E-state index contributed by atoms with van der Waals surface area (Å²) in [5.41, 5.74) is 15.2. The molecule has 0 radical (unpaired) electrons. The number of fused-ring (bicyclic) bond motifs is 4. The molecule has 0 unspecified atom stereocenters. The third-order valence-electron chi connectivity index (χ3n) is 13.0. The van der Waals surface area contributed by atoms with E-state index in [1.807, 2.05) is 0 Å². The molecule has 0 amide bonds. The molecule has 0 fully saturated rings. The largest absolute Gasteiger partial charge is 0.212 e. The molecule has 4 heterocycles. The lowest BCUT2D eigenvalue weighted by atomic mass is 10.0. The first kappa shape index (κ1) is 47.4. The molecule has 8 aromatic carbocycles. The highest BCUT2D eigenvalue weighted by Crippen LogP contribution is 2.23. The van der Waals surface area contributed by atoms with Gasteiger partial charge in [0.2, 0.25) is 22.1 Å². The lowest BCUT2D eigenvalue weighted by Gasteiger charge is -2.06. The van der Waals surface area contributed by atoms with Crippen LogP contribution in [0.2, 0.25) is 0 Å². The topological polar surface area (TPSA) is 15.5 Å². The fourth-order valence-electron chi connectivity index (χ4n) is 9.43. The Balaban J connectivity index is 0.000000155. The second kappa shape index (κ2) is 23.1. The lowest BCUT2D eigenvalue weighted by molar-refractivity contribution is -0.662. The van der Waals surface area contributed by atoms with Crippen molar-refractivity contribution in [2.45, 2.75) is 26.2 Å². The van der Waals surface area contributed by atoms with Gasteiger partial charge in [-0.15, -0.1) is 0 Å². The quantitative estimate of drug-likeness (QED) is 0.125. The van der Waals surface area contributed by atoms with Crippen LogP contribution in [0.1, 0.15) is 22.3 Å². The fraction of sp³-hybridized carbons (Fsp3) is 0.0625. The van der Waals surface area contributed by atoms with Gasteiger partial charge < -0.3 is 0 Å². The molecule has 0 saturated heterocycles. The van der Waals surface area contributed by atoms with Crippen molar-refractivity contribution in [2.24, 2.45) is 0 Å². The van der Waals surface area contributed by atoms with E-state index in [9.17, 15) is 0 Å². The molecule has 7 heteroatoms. The number of aromatic nitrogens is 4. The van der Waals surface area contributed by atoms with Gasteiger partial charge in [-0.3, -0.25) is 0 Å². The number of pyridine rings is 4. The van der Waals surface area contributed by atoms with Gasteiger partial charge in [0.15, 0.2) is 51.0 Å². The third kappa shape index (κ3) is 11.7. The van der Waals surface area contributed by atoms with Crippen molar-refractivity contribution in [3.63, 3.8) is 0 Å². The normalized spacial score (nSPS) is 11.0. The molecule has 0 saturated carbocycles. The standard InChI is InChI=1S/2C32H26N2.Br2S/c2*1-3-11-31-29(7-1)9-5-21-33(31)23-25-13-17-27(18-14-25)28-19-15-26(16-20-28)24-34-22-6-10-30-8-2-4-12-32(30)34;1-3-2/h2*1-22H,23-24H2;/q2*+2;. The fourth-order valence-corrected chi connectivity index (χ4v) is 9.43. The van der Waals surface area contributed by atoms with Crippen molar-refractivity contribution in [1.82, 2.24) is 0 Å². The third-order valence-corrected chi connectivity index (χ3v) is 13.0. The van der Waals surface area contributed by atoms with E-state index in [4.69, 9.17) is 0 Å². The second-order valence-corrected chi connectivity index (χ2v) is 22.3. The summed E-state index contributed by atoms with van der Waals surface area (Å²) < 4.78 is 9.24. The number of rotatable bonds is 10. The molecule has 0 spiro atoms. The van der Waals surface area contributed by atoms with Crippen molar-refractivity contribution in [1.29, 1.82) is 0 Å². The van der Waals surface area contributed by atoms with E-state index in [2.05, 4.69) is 315 Å². The van der Waals surface area contributed by atoms with Crippen molar-refractivity contribution >= 4 is 81.9 Å². The first-order valence-corrected chi connectivity index (χ1v) is 28.3. The first-order valence-electron chi connectivity index (χ1n) is 23.8. The van der Waals surface area contributed by atoms with Gasteiger partial charge in [-0.05, 0) is 79.4 Å². The Morgan fingerprint density at radius 1 is 0.239 bits per heavy atom. The second-order valence-electron chi connectivity index (χ2n) is 17.6. The molecular formula is C64H52Br2N4S+4. The molecule has 0 aliphatic heterocycles. The number of nitrogens with zero attached hydrogens (tertiary/aromatic N) is 4. The molecule has 344 valence electrons. The molecule has 12 rings (SSSR count). The summed E-state index contributed by atoms with van der Waals surface area (Å²) in [4.78, 5) is 0. The van der Waals surface area contributed by atoms with E-state index in [0.29, 0.717) is 0 Å². The number of halogens is 2. The Morgan fingerprint density at radius 2 is 0.423 bits per heavy atom. The van der Waals surface area contributed by atoms with Gasteiger partial charge in [-0.25, -0.2) is 0 Å². The minimum absolute atomic E-state index is 0.864. The van der Waals surface area contributed by atoms with Crippen LogP contribution in [0.4, 0.5) is 0 Å². The average Bonchev–Trinajstić information content (AvgIpc) is 3.43. The maximum atomic E-state index is 2.98. The summed E-state index contributed by atoms with van der Waals surface area (Å²) in [5, 5.41) is 5.07. The molecule has 0 N–H and O–H groups in total. The van der Waals surface area contributed by atoms with Crippen LogP contribution >= 0.6 is 38.3 Å². The van der Waals surface area contributed by atoms with Crippen molar-refractivity contribution < 1.29 is 18.3 Å². The van der Waals surface area contributed by atoms with Gasteiger partial charge in [0.1, 0.15) is 0 Å². The molecule has 4 aromatic heterocycles. The molecule has 4 nitrogen and oxygen atoms in total.